The molecule has 1 aliphatic heterocycles. The van der Waals surface area contributed by atoms with Crippen molar-refractivity contribution in [1.29, 1.82) is 0 Å². The van der Waals surface area contributed by atoms with Gasteiger partial charge in [-0.15, -0.1) is 0 Å². The van der Waals surface area contributed by atoms with E-state index < -0.39 is 21.5 Å². The number of para-hydroxylation sites is 1. The number of hydrogen-bond donors (Lipinski definition) is 1. The highest BCUT2D eigenvalue weighted by Crippen LogP contribution is 2.37. The number of rotatable bonds is 4. The van der Waals surface area contributed by atoms with Gasteiger partial charge in [-0.2, -0.15) is 5.10 Å². The normalized spacial score (nSPS) is 17.2. The highest BCUT2D eigenvalue weighted by molar-refractivity contribution is 7.92. The summed E-state index contributed by atoms with van der Waals surface area (Å²) in [6, 6.07) is 12.5. The van der Waals surface area contributed by atoms with E-state index in [1.54, 1.807) is 36.4 Å². The largest absolute Gasteiger partial charge is 0.283 e. The molecule has 2 aromatic rings. The summed E-state index contributed by atoms with van der Waals surface area (Å²) >= 11 is 0. The summed E-state index contributed by atoms with van der Waals surface area (Å²) in [7, 11) is -3.48. The highest BCUT2D eigenvalue weighted by Gasteiger charge is 2.38. The fourth-order valence-electron chi connectivity index (χ4n) is 3.17. The molecule has 3 rings (SSSR count). The number of halogens is 1. The fourth-order valence-corrected chi connectivity index (χ4v) is 3.75. The van der Waals surface area contributed by atoms with E-state index in [4.69, 9.17) is 0 Å². The molecule has 1 amide bonds. The number of nitrogens with zero attached hydrogens (tertiary/aromatic N) is 2. The van der Waals surface area contributed by atoms with Gasteiger partial charge in [0, 0.05) is 17.4 Å². The maximum atomic E-state index is 13.4. The Kier molecular flexibility index (Phi) is 5.49. The molecule has 0 aliphatic carbocycles. The molecule has 1 heterocycles. The van der Waals surface area contributed by atoms with Crippen LogP contribution in [0.1, 0.15) is 44.4 Å². The van der Waals surface area contributed by atoms with Gasteiger partial charge in [-0.3, -0.25) is 9.52 Å². The van der Waals surface area contributed by atoms with Crippen molar-refractivity contribution < 1.29 is 17.6 Å². The summed E-state index contributed by atoms with van der Waals surface area (Å²) in [6.45, 7) is 5.43. The van der Waals surface area contributed by atoms with Crippen LogP contribution in [0.4, 0.5) is 10.1 Å². The SMILES string of the molecule is CC(C)(C)C(=O)N1N=C(c2ccccc2NS(C)(=O)=O)CC1c1ccc(F)cc1. The molecule has 8 heteroatoms. The van der Waals surface area contributed by atoms with Gasteiger partial charge in [0.1, 0.15) is 5.82 Å². The summed E-state index contributed by atoms with van der Waals surface area (Å²) in [4.78, 5) is 13.0. The Bertz CT molecular complexity index is 1060. The van der Waals surface area contributed by atoms with Gasteiger partial charge in [-0.25, -0.2) is 17.8 Å². The van der Waals surface area contributed by atoms with Crippen molar-refractivity contribution in [3.63, 3.8) is 0 Å². The van der Waals surface area contributed by atoms with E-state index in [0.29, 0.717) is 23.4 Å². The van der Waals surface area contributed by atoms with Crippen LogP contribution in [-0.4, -0.2) is 31.3 Å². The van der Waals surface area contributed by atoms with Gasteiger partial charge < -0.3 is 0 Å². The van der Waals surface area contributed by atoms with Crippen molar-refractivity contribution in [3.8, 4) is 0 Å². The topological polar surface area (TPSA) is 78.8 Å². The Balaban J connectivity index is 2.05. The minimum absolute atomic E-state index is 0.171. The predicted molar refractivity (Wildman–Crippen MR) is 112 cm³/mol. The highest BCUT2D eigenvalue weighted by atomic mass is 32.2. The lowest BCUT2D eigenvalue weighted by molar-refractivity contribution is -0.141. The Hall–Kier alpha value is -2.74. The van der Waals surface area contributed by atoms with Crippen molar-refractivity contribution in [1.82, 2.24) is 5.01 Å². The first-order chi connectivity index (χ1) is 13.5. The molecule has 154 valence electrons. The lowest BCUT2D eigenvalue weighted by Crippen LogP contribution is -2.36. The molecule has 1 atom stereocenters. The van der Waals surface area contributed by atoms with Gasteiger partial charge in [0.2, 0.25) is 15.9 Å². The molecule has 2 aromatic carbocycles. The summed E-state index contributed by atoms with van der Waals surface area (Å²) in [5, 5.41) is 6.00. The second kappa shape index (κ2) is 7.59. The predicted octanol–water partition coefficient (Wildman–Crippen LogP) is 3.92. The molecule has 0 saturated heterocycles. The molecular weight excluding hydrogens is 393 g/mol. The zero-order valence-electron chi connectivity index (χ0n) is 16.8. The number of anilines is 1. The smallest absolute Gasteiger partial charge is 0.248 e. The Labute approximate surface area is 170 Å². The zero-order chi connectivity index (χ0) is 21.4. The van der Waals surface area contributed by atoms with E-state index in [-0.39, 0.29) is 11.7 Å². The van der Waals surface area contributed by atoms with Gasteiger partial charge in [-0.1, -0.05) is 51.1 Å². The number of sulfonamides is 1. The van der Waals surface area contributed by atoms with Crippen molar-refractivity contribution in [2.75, 3.05) is 11.0 Å². The molecule has 6 nitrogen and oxygen atoms in total. The summed E-state index contributed by atoms with van der Waals surface area (Å²) in [6.07, 6.45) is 1.47. The average Bonchev–Trinajstić information content (AvgIpc) is 3.05. The molecule has 0 radical (unpaired) electrons. The molecule has 0 aromatic heterocycles. The van der Waals surface area contributed by atoms with Gasteiger partial charge in [0.05, 0.1) is 23.7 Å². The second-order valence-corrected chi connectivity index (χ2v) is 9.89. The van der Waals surface area contributed by atoms with E-state index >= 15 is 0 Å². The van der Waals surface area contributed by atoms with E-state index in [1.165, 1.54) is 17.1 Å². The number of carbonyl (C=O) groups excluding carboxylic acids is 1. The summed E-state index contributed by atoms with van der Waals surface area (Å²) in [5.74, 6) is -0.528. The van der Waals surface area contributed by atoms with Gasteiger partial charge >= 0.3 is 0 Å². The second-order valence-electron chi connectivity index (χ2n) is 8.14. The third-order valence-corrected chi connectivity index (χ3v) is 5.14. The quantitative estimate of drug-likeness (QED) is 0.819. The van der Waals surface area contributed by atoms with E-state index in [0.717, 1.165) is 11.8 Å². The van der Waals surface area contributed by atoms with Crippen LogP contribution in [0.3, 0.4) is 0 Å². The Morgan fingerprint density at radius 1 is 1.14 bits per heavy atom. The third-order valence-electron chi connectivity index (χ3n) is 4.55. The number of benzene rings is 2. The van der Waals surface area contributed by atoms with Gasteiger partial charge in [0.25, 0.3) is 0 Å². The summed E-state index contributed by atoms with van der Waals surface area (Å²) in [5.41, 5.74) is 1.69. The molecule has 0 spiro atoms. The van der Waals surface area contributed by atoms with Crippen molar-refractivity contribution in [2.24, 2.45) is 10.5 Å². The maximum Gasteiger partial charge on any atom is 0.248 e. The monoisotopic (exact) mass is 417 g/mol. The first-order valence-corrected chi connectivity index (χ1v) is 11.1. The molecule has 29 heavy (non-hydrogen) atoms. The molecule has 1 N–H and O–H groups in total. The van der Waals surface area contributed by atoms with Gasteiger partial charge in [0.15, 0.2) is 0 Å². The van der Waals surface area contributed by atoms with Crippen molar-refractivity contribution in [2.45, 2.75) is 33.2 Å². The molecule has 1 unspecified atom stereocenters. The van der Waals surface area contributed by atoms with Gasteiger partial charge in [-0.05, 0) is 23.8 Å². The van der Waals surface area contributed by atoms with Crippen LogP contribution in [0.5, 0.6) is 0 Å². The molecule has 0 saturated carbocycles. The standard InChI is InChI=1S/C21H24FN3O3S/c1-21(2,3)20(26)25-19(14-9-11-15(22)12-10-14)13-18(23-25)16-7-5-6-8-17(16)24-29(4,27)28/h5-12,19,24H,13H2,1-4H3. The van der Waals surface area contributed by atoms with Crippen LogP contribution in [0.2, 0.25) is 0 Å². The fraction of sp³-hybridized carbons (Fsp3) is 0.333. The number of amides is 1. The molecule has 1 aliphatic rings. The molecular formula is C21H24FN3O3S. The number of hydrazone groups is 1. The van der Waals surface area contributed by atoms with E-state index in [2.05, 4.69) is 9.82 Å². The lowest BCUT2D eigenvalue weighted by atomic mass is 9.93. The number of nitrogens with one attached hydrogen (secondary N) is 1. The lowest BCUT2D eigenvalue weighted by Gasteiger charge is -2.28. The van der Waals surface area contributed by atoms with Crippen LogP contribution < -0.4 is 4.72 Å². The minimum atomic E-state index is -3.48. The average molecular weight is 418 g/mol. The third kappa shape index (κ3) is 4.82. The van der Waals surface area contributed by atoms with Crippen LogP contribution >= 0.6 is 0 Å². The molecule has 0 bridgehead atoms. The molecule has 0 fully saturated rings. The number of hydrogen-bond acceptors (Lipinski definition) is 4. The van der Waals surface area contributed by atoms with Crippen molar-refractivity contribution in [3.05, 3.63) is 65.5 Å². The minimum Gasteiger partial charge on any atom is -0.283 e. The van der Waals surface area contributed by atoms with Crippen LogP contribution in [-0.2, 0) is 14.8 Å². The van der Waals surface area contributed by atoms with Crippen LogP contribution in [0.15, 0.2) is 53.6 Å². The van der Waals surface area contributed by atoms with E-state index in [9.17, 15) is 17.6 Å². The maximum absolute atomic E-state index is 13.4. The van der Waals surface area contributed by atoms with Crippen LogP contribution in [0.25, 0.3) is 0 Å². The first-order valence-electron chi connectivity index (χ1n) is 9.19. The number of carbonyl (C=O) groups is 1. The first kappa shape index (κ1) is 21.0. The Morgan fingerprint density at radius 3 is 2.34 bits per heavy atom. The Morgan fingerprint density at radius 2 is 1.76 bits per heavy atom. The zero-order valence-corrected chi connectivity index (χ0v) is 17.6. The van der Waals surface area contributed by atoms with E-state index in [1.807, 2.05) is 20.8 Å². The summed E-state index contributed by atoms with van der Waals surface area (Å²) < 4.78 is 39.4. The van der Waals surface area contributed by atoms with Crippen molar-refractivity contribution >= 4 is 27.3 Å². The van der Waals surface area contributed by atoms with Crippen LogP contribution in [0, 0.1) is 11.2 Å².